The number of carbonyl (C=O) groups excluding carboxylic acids is 3. The Labute approximate surface area is 212 Å². The van der Waals surface area contributed by atoms with Crippen molar-refractivity contribution in [1.82, 2.24) is 14.8 Å². The van der Waals surface area contributed by atoms with Gasteiger partial charge in [-0.3, -0.25) is 9.59 Å². The average molecular weight is 498 g/mol. The predicted octanol–water partition coefficient (Wildman–Crippen LogP) is 3.98. The lowest BCUT2D eigenvalue weighted by Gasteiger charge is -2.47. The number of piperazine rings is 1. The topological polar surface area (TPSA) is 82.7 Å². The number of amides is 2. The molecule has 0 aliphatic carbocycles. The van der Waals surface area contributed by atoms with Crippen molar-refractivity contribution in [1.29, 1.82) is 0 Å². The third-order valence-electron chi connectivity index (χ3n) is 7.28. The number of esters is 1. The third kappa shape index (κ3) is 3.85. The van der Waals surface area contributed by atoms with Crippen molar-refractivity contribution in [3.8, 4) is 0 Å². The molecule has 8 heteroatoms. The molecule has 1 aromatic heterocycles. The highest BCUT2D eigenvalue weighted by Crippen LogP contribution is 2.42. The van der Waals surface area contributed by atoms with Crippen molar-refractivity contribution in [3.63, 3.8) is 0 Å². The first-order valence-corrected chi connectivity index (χ1v) is 12.1. The molecule has 2 aliphatic rings. The molecule has 3 heterocycles. The van der Waals surface area contributed by atoms with E-state index in [9.17, 15) is 18.8 Å². The van der Waals surface area contributed by atoms with Crippen LogP contribution in [0.2, 0.25) is 0 Å². The molecule has 3 aromatic carbocycles. The van der Waals surface area contributed by atoms with Crippen LogP contribution in [-0.2, 0) is 27.3 Å². The highest BCUT2D eigenvalue weighted by Gasteiger charge is 2.48. The van der Waals surface area contributed by atoms with Gasteiger partial charge in [0.15, 0.2) is 0 Å². The molecule has 2 atom stereocenters. The molecule has 186 valence electrons. The van der Waals surface area contributed by atoms with Crippen LogP contribution in [0.4, 0.5) is 4.39 Å². The van der Waals surface area contributed by atoms with Gasteiger partial charge in [0.2, 0.25) is 11.8 Å². The molecule has 1 saturated heterocycles. The van der Waals surface area contributed by atoms with Crippen LogP contribution in [0, 0.1) is 5.82 Å². The van der Waals surface area contributed by atoms with Gasteiger partial charge in [0.25, 0.3) is 0 Å². The van der Waals surface area contributed by atoms with E-state index in [0.29, 0.717) is 12.0 Å². The molecule has 2 amide bonds. The molecule has 2 aliphatic heterocycles. The van der Waals surface area contributed by atoms with Crippen molar-refractivity contribution in [3.05, 3.63) is 107 Å². The number of hydrogen-bond donors (Lipinski definition) is 1. The highest BCUT2D eigenvalue weighted by molar-refractivity contribution is 5.97. The Hall–Kier alpha value is -4.46. The first-order valence-electron chi connectivity index (χ1n) is 12.1. The van der Waals surface area contributed by atoms with E-state index in [-0.39, 0.29) is 30.7 Å². The van der Waals surface area contributed by atoms with Crippen molar-refractivity contribution in [2.24, 2.45) is 0 Å². The number of para-hydroxylation sites is 1. The maximum atomic E-state index is 13.8. The van der Waals surface area contributed by atoms with E-state index in [0.717, 1.165) is 33.3 Å². The fraction of sp³-hybridized carbons (Fsp3) is 0.207. The van der Waals surface area contributed by atoms with E-state index in [4.69, 9.17) is 4.74 Å². The van der Waals surface area contributed by atoms with E-state index < -0.39 is 18.1 Å². The van der Waals surface area contributed by atoms with E-state index in [2.05, 4.69) is 4.98 Å². The van der Waals surface area contributed by atoms with Gasteiger partial charge in [-0.1, -0.05) is 42.5 Å². The summed E-state index contributed by atoms with van der Waals surface area (Å²) in [5.41, 5.74) is 4.77. The Kier molecular flexibility index (Phi) is 5.52. The molecule has 0 radical (unpaired) electrons. The lowest BCUT2D eigenvalue weighted by atomic mass is 9.86. The Morgan fingerprint density at radius 3 is 2.49 bits per heavy atom. The molecule has 4 aromatic rings. The fourth-order valence-corrected chi connectivity index (χ4v) is 5.53. The number of fused-ring (bicyclic) bond motifs is 4. The number of H-pyrrole nitrogens is 1. The first kappa shape index (κ1) is 23.0. The molecular weight excluding hydrogens is 473 g/mol. The minimum Gasteiger partial charge on any atom is -0.465 e. The van der Waals surface area contributed by atoms with Crippen LogP contribution in [0.15, 0.2) is 72.8 Å². The van der Waals surface area contributed by atoms with Crippen molar-refractivity contribution >= 4 is 28.7 Å². The molecule has 1 N–H and O–H groups in total. The largest absolute Gasteiger partial charge is 0.465 e. The lowest BCUT2D eigenvalue weighted by Crippen LogP contribution is -2.62. The zero-order valence-electron chi connectivity index (χ0n) is 20.1. The number of rotatable bonds is 4. The summed E-state index contributed by atoms with van der Waals surface area (Å²) in [4.78, 5) is 46.1. The Balaban J connectivity index is 1.42. The van der Waals surface area contributed by atoms with Crippen LogP contribution in [0.1, 0.15) is 38.8 Å². The van der Waals surface area contributed by atoms with Gasteiger partial charge < -0.3 is 19.5 Å². The minimum absolute atomic E-state index is 0.0704. The maximum Gasteiger partial charge on any atom is 0.337 e. The molecule has 37 heavy (non-hydrogen) atoms. The van der Waals surface area contributed by atoms with E-state index in [1.54, 1.807) is 46.2 Å². The standard InChI is InChI=1S/C29H24FN3O4/c1-37-29(36)19-10-8-18(9-11-19)27-26-22(21-4-2-3-5-23(21)31-26)14-24-28(35)32(16-25(34)33(24)27)15-17-6-12-20(30)13-7-17/h2-13,24,27,31H,14-16H2,1H3. The normalized spacial score (nSPS) is 19.1. The number of ether oxygens (including phenoxy) is 1. The third-order valence-corrected chi connectivity index (χ3v) is 7.28. The van der Waals surface area contributed by atoms with E-state index in [1.165, 1.54) is 19.2 Å². The second kappa shape index (κ2) is 8.89. The van der Waals surface area contributed by atoms with Crippen LogP contribution in [-0.4, -0.2) is 52.3 Å². The molecule has 1 fully saturated rings. The fourth-order valence-electron chi connectivity index (χ4n) is 5.53. The summed E-state index contributed by atoms with van der Waals surface area (Å²) in [5.74, 6) is -1.11. The second-order valence-electron chi connectivity index (χ2n) is 9.42. The molecule has 0 bridgehead atoms. The maximum absolute atomic E-state index is 13.8. The molecule has 2 unspecified atom stereocenters. The molecule has 0 saturated carbocycles. The number of aromatic amines is 1. The van der Waals surface area contributed by atoms with Crippen LogP contribution in [0.3, 0.4) is 0 Å². The highest BCUT2D eigenvalue weighted by atomic mass is 19.1. The zero-order chi connectivity index (χ0) is 25.7. The summed E-state index contributed by atoms with van der Waals surface area (Å²) in [6, 6.07) is 19.6. The first-order chi connectivity index (χ1) is 17.9. The average Bonchev–Trinajstić information content (AvgIpc) is 3.29. The van der Waals surface area contributed by atoms with Gasteiger partial charge in [0.1, 0.15) is 18.4 Å². The Bertz CT molecular complexity index is 1530. The second-order valence-corrected chi connectivity index (χ2v) is 9.42. The Morgan fingerprint density at radius 1 is 1.03 bits per heavy atom. The van der Waals surface area contributed by atoms with Crippen molar-refractivity contribution < 1.29 is 23.5 Å². The number of benzene rings is 3. The van der Waals surface area contributed by atoms with Gasteiger partial charge in [-0.15, -0.1) is 0 Å². The predicted molar refractivity (Wildman–Crippen MR) is 134 cm³/mol. The number of carbonyl (C=O) groups is 3. The van der Waals surface area contributed by atoms with Crippen molar-refractivity contribution in [2.75, 3.05) is 13.7 Å². The monoisotopic (exact) mass is 497 g/mol. The number of halogens is 1. The summed E-state index contributed by atoms with van der Waals surface area (Å²) in [5, 5.41) is 1.02. The number of nitrogens with one attached hydrogen (secondary N) is 1. The van der Waals surface area contributed by atoms with Crippen LogP contribution >= 0.6 is 0 Å². The number of hydrogen-bond acceptors (Lipinski definition) is 4. The SMILES string of the molecule is COC(=O)c1ccc(C2c3[nH]c4ccccc4c3CC3C(=O)N(Cc4ccc(F)cc4)CC(=O)N32)cc1. The van der Waals surface area contributed by atoms with Crippen LogP contribution in [0.5, 0.6) is 0 Å². The Morgan fingerprint density at radius 2 is 1.76 bits per heavy atom. The summed E-state index contributed by atoms with van der Waals surface area (Å²) >= 11 is 0. The molecule has 7 nitrogen and oxygen atoms in total. The van der Waals surface area contributed by atoms with Gasteiger partial charge in [0, 0.05) is 29.6 Å². The summed E-state index contributed by atoms with van der Waals surface area (Å²) in [7, 11) is 1.33. The van der Waals surface area contributed by atoms with E-state index >= 15 is 0 Å². The van der Waals surface area contributed by atoms with E-state index in [1.807, 2.05) is 24.3 Å². The summed E-state index contributed by atoms with van der Waals surface area (Å²) < 4.78 is 18.2. The van der Waals surface area contributed by atoms with Crippen molar-refractivity contribution in [2.45, 2.75) is 25.0 Å². The van der Waals surface area contributed by atoms with Gasteiger partial charge >= 0.3 is 5.97 Å². The smallest absolute Gasteiger partial charge is 0.337 e. The van der Waals surface area contributed by atoms with Gasteiger partial charge in [-0.2, -0.15) is 0 Å². The van der Waals surface area contributed by atoms with Gasteiger partial charge in [0.05, 0.1) is 18.7 Å². The number of aromatic nitrogens is 1. The number of nitrogens with zero attached hydrogens (tertiary/aromatic N) is 2. The van der Waals surface area contributed by atoms with Gasteiger partial charge in [-0.25, -0.2) is 9.18 Å². The van der Waals surface area contributed by atoms with Gasteiger partial charge in [-0.05, 0) is 47.0 Å². The minimum atomic E-state index is -0.682. The quantitative estimate of drug-likeness (QED) is 0.433. The number of methoxy groups -OCH3 is 1. The molecule has 6 rings (SSSR count). The zero-order valence-corrected chi connectivity index (χ0v) is 20.1. The summed E-state index contributed by atoms with van der Waals surface area (Å²) in [6.45, 7) is 0.160. The lowest BCUT2D eigenvalue weighted by molar-refractivity contribution is -0.159. The molecule has 0 spiro atoms. The van der Waals surface area contributed by atoms with Crippen LogP contribution < -0.4 is 0 Å². The molecular formula is C29H24FN3O4. The summed E-state index contributed by atoms with van der Waals surface area (Å²) in [6.07, 6.45) is 0.389. The van der Waals surface area contributed by atoms with Crippen LogP contribution in [0.25, 0.3) is 10.9 Å².